The number of methoxy groups -OCH3 is 1. The number of carbonyl (C=O) groups is 2. The van der Waals surface area contributed by atoms with Gasteiger partial charge in [0.05, 0.1) is 7.11 Å². The number of ether oxygens (including phenoxy) is 2. The fraction of sp³-hybridized carbons (Fsp3) is 0.750. The Labute approximate surface area is 85.0 Å². The molecule has 0 amide bonds. The molecule has 0 saturated carbocycles. The molecule has 0 saturated heterocycles. The first-order chi connectivity index (χ1) is 6.73. The van der Waals surface area contributed by atoms with Crippen molar-refractivity contribution in [2.75, 3.05) is 7.11 Å². The third kappa shape index (κ3) is 3.34. The smallest absolute Gasteiger partial charge is 0.477 e. The van der Waals surface area contributed by atoms with Crippen molar-refractivity contribution in [1.29, 1.82) is 0 Å². The summed E-state index contributed by atoms with van der Waals surface area (Å²) in [7, 11) is 0.943. The average molecular weight is 226 g/mol. The van der Waals surface area contributed by atoms with Crippen molar-refractivity contribution in [3.05, 3.63) is 0 Å². The molecular formula is C8H12F2O5. The molecular weight excluding hydrogens is 214 g/mol. The molecule has 1 unspecified atom stereocenters. The van der Waals surface area contributed by atoms with Crippen molar-refractivity contribution in [3.8, 4) is 0 Å². The average Bonchev–Trinajstić information content (AvgIpc) is 2.12. The van der Waals surface area contributed by atoms with Crippen LogP contribution >= 0.6 is 0 Å². The molecule has 5 nitrogen and oxygen atoms in total. The third-order valence-corrected chi connectivity index (χ3v) is 1.64. The molecule has 0 aromatic carbocycles. The van der Waals surface area contributed by atoms with E-state index in [9.17, 15) is 18.4 Å². The first-order valence-corrected chi connectivity index (χ1v) is 4.09. The van der Waals surface area contributed by atoms with Gasteiger partial charge in [-0.2, -0.15) is 8.78 Å². The highest BCUT2D eigenvalue weighted by Crippen LogP contribution is 2.27. The predicted octanol–water partition coefficient (Wildman–Crippen LogP) is 1.51. The molecule has 0 heterocycles. The van der Waals surface area contributed by atoms with Gasteiger partial charge in [-0.05, 0) is 5.92 Å². The van der Waals surface area contributed by atoms with Crippen LogP contribution in [0.5, 0.6) is 0 Å². The van der Waals surface area contributed by atoms with Crippen LogP contribution in [0, 0.1) is 5.92 Å². The van der Waals surface area contributed by atoms with Crippen LogP contribution in [0.25, 0.3) is 0 Å². The van der Waals surface area contributed by atoms with Crippen LogP contribution in [-0.2, 0) is 14.3 Å². The molecule has 0 aliphatic rings. The Morgan fingerprint density at radius 1 is 1.33 bits per heavy atom. The van der Waals surface area contributed by atoms with Gasteiger partial charge in [0.2, 0.25) is 0 Å². The maximum atomic E-state index is 13.0. The van der Waals surface area contributed by atoms with Crippen LogP contribution in [0.3, 0.4) is 0 Å². The van der Waals surface area contributed by atoms with Gasteiger partial charge in [-0.25, -0.2) is 9.59 Å². The monoisotopic (exact) mass is 226 g/mol. The van der Waals surface area contributed by atoms with Gasteiger partial charge >= 0.3 is 18.0 Å². The van der Waals surface area contributed by atoms with E-state index in [1.54, 1.807) is 0 Å². The van der Waals surface area contributed by atoms with E-state index in [1.807, 2.05) is 0 Å². The summed E-state index contributed by atoms with van der Waals surface area (Å²) < 4.78 is 34.3. The van der Waals surface area contributed by atoms with Crippen LogP contribution in [0.15, 0.2) is 0 Å². The van der Waals surface area contributed by atoms with Crippen molar-refractivity contribution in [3.63, 3.8) is 0 Å². The van der Waals surface area contributed by atoms with Crippen molar-refractivity contribution >= 4 is 12.1 Å². The lowest BCUT2D eigenvalue weighted by molar-refractivity contribution is -0.188. The molecule has 0 bridgehead atoms. The molecule has 0 radical (unpaired) electrons. The number of halogens is 2. The Balaban J connectivity index is 4.81. The first kappa shape index (κ1) is 13.6. The fourth-order valence-electron chi connectivity index (χ4n) is 0.902. The van der Waals surface area contributed by atoms with E-state index in [0.717, 1.165) is 7.11 Å². The van der Waals surface area contributed by atoms with Gasteiger partial charge in [0.25, 0.3) is 0 Å². The molecule has 0 fully saturated rings. The van der Waals surface area contributed by atoms with Gasteiger partial charge in [-0.1, -0.05) is 13.8 Å². The van der Waals surface area contributed by atoms with E-state index in [1.165, 1.54) is 13.8 Å². The summed E-state index contributed by atoms with van der Waals surface area (Å²) in [6.07, 6.45) is -3.39. The Kier molecular flexibility index (Phi) is 4.44. The van der Waals surface area contributed by atoms with Gasteiger partial charge in [0, 0.05) is 0 Å². The van der Waals surface area contributed by atoms with Crippen molar-refractivity contribution < 1.29 is 33.0 Å². The molecule has 0 aromatic rings. The molecule has 0 aliphatic carbocycles. The molecule has 0 rings (SSSR count). The second kappa shape index (κ2) is 4.90. The van der Waals surface area contributed by atoms with Crippen LogP contribution in [0.4, 0.5) is 13.6 Å². The number of hydrogen-bond donors (Lipinski definition) is 1. The summed E-state index contributed by atoms with van der Waals surface area (Å²) in [5.41, 5.74) is 0. The molecule has 0 spiro atoms. The topological polar surface area (TPSA) is 72.8 Å². The quantitative estimate of drug-likeness (QED) is 0.735. The summed E-state index contributed by atoms with van der Waals surface area (Å²) in [4.78, 5) is 20.9. The van der Waals surface area contributed by atoms with Crippen LogP contribution in [0.2, 0.25) is 0 Å². The Morgan fingerprint density at radius 3 is 2.07 bits per heavy atom. The Morgan fingerprint density at radius 2 is 1.80 bits per heavy atom. The number of alkyl halides is 2. The number of aliphatic carboxylic acids is 1. The van der Waals surface area contributed by atoms with E-state index < -0.39 is 30.1 Å². The molecule has 1 atom stereocenters. The largest absolute Gasteiger partial charge is 0.508 e. The SMILES string of the molecule is COC(=O)OC(C(C)C)C(F)(F)C(=O)O. The zero-order valence-electron chi connectivity index (χ0n) is 8.49. The van der Waals surface area contributed by atoms with Gasteiger partial charge in [-0.3, -0.25) is 0 Å². The number of hydrogen-bond acceptors (Lipinski definition) is 4. The lowest BCUT2D eigenvalue weighted by atomic mass is 10.0. The van der Waals surface area contributed by atoms with Gasteiger partial charge in [-0.15, -0.1) is 0 Å². The molecule has 7 heteroatoms. The minimum absolute atomic E-state index is 0.852. The second-order valence-electron chi connectivity index (χ2n) is 3.16. The highest BCUT2D eigenvalue weighted by atomic mass is 19.3. The maximum Gasteiger partial charge on any atom is 0.508 e. The van der Waals surface area contributed by atoms with Gasteiger partial charge in [0.1, 0.15) is 0 Å². The Bertz CT molecular complexity index is 251. The van der Waals surface area contributed by atoms with Crippen LogP contribution < -0.4 is 0 Å². The summed E-state index contributed by atoms with van der Waals surface area (Å²) in [5.74, 6) is -7.33. The minimum Gasteiger partial charge on any atom is -0.477 e. The molecule has 1 N–H and O–H groups in total. The normalized spacial score (nSPS) is 13.5. The maximum absolute atomic E-state index is 13.0. The molecule has 0 aromatic heterocycles. The standard InChI is InChI=1S/C8H12F2O5/c1-4(2)5(15-7(13)14-3)8(9,10)6(11)12/h4-5H,1-3H3,(H,11,12). The van der Waals surface area contributed by atoms with Crippen LogP contribution in [0.1, 0.15) is 13.8 Å². The highest BCUT2D eigenvalue weighted by Gasteiger charge is 2.51. The zero-order chi connectivity index (χ0) is 12.2. The lowest BCUT2D eigenvalue weighted by Gasteiger charge is -2.25. The zero-order valence-corrected chi connectivity index (χ0v) is 8.49. The van der Waals surface area contributed by atoms with E-state index in [2.05, 4.69) is 9.47 Å². The minimum atomic E-state index is -4.14. The summed E-state index contributed by atoms with van der Waals surface area (Å²) in [6, 6.07) is 0. The highest BCUT2D eigenvalue weighted by molar-refractivity contribution is 5.76. The molecule has 15 heavy (non-hydrogen) atoms. The Hall–Kier alpha value is -1.40. The van der Waals surface area contributed by atoms with Crippen molar-refractivity contribution in [2.24, 2.45) is 5.92 Å². The van der Waals surface area contributed by atoms with E-state index in [4.69, 9.17) is 5.11 Å². The molecule has 88 valence electrons. The molecule has 0 aliphatic heterocycles. The summed E-state index contributed by atoms with van der Waals surface area (Å²) >= 11 is 0. The van der Waals surface area contributed by atoms with Crippen molar-refractivity contribution in [2.45, 2.75) is 25.9 Å². The van der Waals surface area contributed by atoms with Gasteiger partial charge in [0.15, 0.2) is 6.10 Å². The summed E-state index contributed by atoms with van der Waals surface area (Å²) in [5, 5.41) is 8.26. The van der Waals surface area contributed by atoms with Gasteiger partial charge < -0.3 is 14.6 Å². The van der Waals surface area contributed by atoms with Crippen LogP contribution in [-0.4, -0.2) is 36.4 Å². The summed E-state index contributed by atoms with van der Waals surface area (Å²) in [6.45, 7) is 2.62. The third-order valence-electron chi connectivity index (χ3n) is 1.64. The van der Waals surface area contributed by atoms with Crippen molar-refractivity contribution in [1.82, 2.24) is 0 Å². The first-order valence-electron chi connectivity index (χ1n) is 4.09. The predicted molar refractivity (Wildman–Crippen MR) is 44.7 cm³/mol. The fourth-order valence-corrected chi connectivity index (χ4v) is 0.902. The van der Waals surface area contributed by atoms with E-state index in [-0.39, 0.29) is 0 Å². The number of carboxylic acids is 1. The second-order valence-corrected chi connectivity index (χ2v) is 3.16. The number of rotatable bonds is 4. The van der Waals surface area contributed by atoms with E-state index >= 15 is 0 Å². The lowest BCUT2D eigenvalue weighted by Crippen LogP contribution is -2.47. The number of carbonyl (C=O) groups excluding carboxylic acids is 1. The van der Waals surface area contributed by atoms with E-state index in [0.29, 0.717) is 0 Å². The number of carboxylic acid groups (broad SMARTS) is 1.